The Balaban J connectivity index is 1.56. The zero-order valence-electron chi connectivity index (χ0n) is 16.1. The number of ether oxygens (including phenoxy) is 3. The van der Waals surface area contributed by atoms with E-state index < -0.39 is 0 Å². The fourth-order valence-electron chi connectivity index (χ4n) is 3.28. The molecule has 1 heterocycles. The highest BCUT2D eigenvalue weighted by Gasteiger charge is 2.14. The molecule has 0 aliphatic carbocycles. The molecule has 0 bridgehead atoms. The molecule has 2 N–H and O–H groups in total. The van der Waals surface area contributed by atoms with Crippen molar-refractivity contribution in [2.24, 2.45) is 0 Å². The first-order chi connectivity index (χ1) is 13.1. The van der Waals surface area contributed by atoms with Gasteiger partial charge in [-0.1, -0.05) is 18.2 Å². The van der Waals surface area contributed by atoms with Gasteiger partial charge in [0.25, 0.3) is 0 Å². The van der Waals surface area contributed by atoms with Crippen LogP contribution in [0.1, 0.15) is 28.7 Å². The second kappa shape index (κ2) is 8.77. The molecule has 6 heteroatoms. The third-order valence-corrected chi connectivity index (χ3v) is 4.76. The number of amides is 1. The number of hydrogen-bond donors (Lipinski definition) is 2. The lowest BCUT2D eigenvalue weighted by atomic mass is 10.1. The number of nitrogens with one attached hydrogen (secondary N) is 2. The summed E-state index contributed by atoms with van der Waals surface area (Å²) in [4.78, 5) is 12.2. The van der Waals surface area contributed by atoms with Gasteiger partial charge in [-0.05, 0) is 40.8 Å². The SMILES string of the molecule is COc1cc(CCC(=O)NCc2ccc3c(c2)CNC3)cc(OC)c1OC. The number of fused-ring (bicyclic) bond motifs is 1. The van der Waals surface area contributed by atoms with Crippen LogP contribution in [0, 0.1) is 0 Å². The monoisotopic (exact) mass is 370 g/mol. The van der Waals surface area contributed by atoms with Crippen molar-refractivity contribution in [2.75, 3.05) is 21.3 Å². The highest BCUT2D eigenvalue weighted by Crippen LogP contribution is 2.38. The van der Waals surface area contributed by atoms with Crippen LogP contribution in [0.4, 0.5) is 0 Å². The molecule has 0 fully saturated rings. The van der Waals surface area contributed by atoms with Crippen LogP contribution in [0.5, 0.6) is 17.2 Å². The Labute approximate surface area is 159 Å². The Bertz CT molecular complexity index is 795. The van der Waals surface area contributed by atoms with Crippen molar-refractivity contribution in [2.45, 2.75) is 32.5 Å². The van der Waals surface area contributed by atoms with Gasteiger partial charge in [-0.25, -0.2) is 0 Å². The molecule has 0 spiro atoms. The van der Waals surface area contributed by atoms with E-state index in [0.29, 0.717) is 36.6 Å². The first kappa shape index (κ1) is 19.0. The van der Waals surface area contributed by atoms with Crippen LogP contribution in [0.25, 0.3) is 0 Å². The summed E-state index contributed by atoms with van der Waals surface area (Å²) in [5.41, 5.74) is 4.74. The van der Waals surface area contributed by atoms with Gasteiger partial charge in [0, 0.05) is 26.1 Å². The van der Waals surface area contributed by atoms with Gasteiger partial charge in [-0.2, -0.15) is 0 Å². The smallest absolute Gasteiger partial charge is 0.220 e. The van der Waals surface area contributed by atoms with Crippen molar-refractivity contribution >= 4 is 5.91 Å². The van der Waals surface area contributed by atoms with Crippen molar-refractivity contribution in [3.63, 3.8) is 0 Å². The van der Waals surface area contributed by atoms with Gasteiger partial charge in [0.1, 0.15) is 0 Å². The normalized spacial score (nSPS) is 12.4. The molecule has 1 aliphatic heterocycles. The Kier molecular flexibility index (Phi) is 6.19. The zero-order valence-corrected chi connectivity index (χ0v) is 16.1. The Hall–Kier alpha value is -2.73. The molecule has 1 aliphatic rings. The molecule has 2 aromatic carbocycles. The minimum Gasteiger partial charge on any atom is -0.493 e. The van der Waals surface area contributed by atoms with Gasteiger partial charge in [-0.3, -0.25) is 4.79 Å². The molecule has 0 aromatic heterocycles. The van der Waals surface area contributed by atoms with Crippen LogP contribution in [0.15, 0.2) is 30.3 Å². The van der Waals surface area contributed by atoms with Crippen molar-refractivity contribution in [1.82, 2.24) is 10.6 Å². The van der Waals surface area contributed by atoms with Gasteiger partial charge in [0.2, 0.25) is 11.7 Å². The maximum absolute atomic E-state index is 12.2. The van der Waals surface area contributed by atoms with Gasteiger partial charge in [0.05, 0.1) is 21.3 Å². The van der Waals surface area contributed by atoms with E-state index in [1.807, 2.05) is 12.1 Å². The number of methoxy groups -OCH3 is 3. The molecule has 0 saturated heterocycles. The topological polar surface area (TPSA) is 68.8 Å². The summed E-state index contributed by atoms with van der Waals surface area (Å²) >= 11 is 0. The number of benzene rings is 2. The summed E-state index contributed by atoms with van der Waals surface area (Å²) in [6.45, 7) is 2.37. The first-order valence-electron chi connectivity index (χ1n) is 9.01. The third-order valence-electron chi connectivity index (χ3n) is 4.76. The van der Waals surface area contributed by atoms with Crippen LogP contribution in [0.3, 0.4) is 0 Å². The molecule has 6 nitrogen and oxygen atoms in total. The summed E-state index contributed by atoms with van der Waals surface area (Å²) in [7, 11) is 4.74. The molecule has 0 atom stereocenters. The summed E-state index contributed by atoms with van der Waals surface area (Å²) in [6, 6.07) is 10.1. The molecule has 2 aromatic rings. The molecule has 0 unspecified atom stereocenters. The summed E-state index contributed by atoms with van der Waals surface area (Å²) in [6.07, 6.45) is 0.988. The molecule has 27 heavy (non-hydrogen) atoms. The molecule has 144 valence electrons. The molecule has 0 saturated carbocycles. The first-order valence-corrected chi connectivity index (χ1v) is 9.01. The highest BCUT2D eigenvalue weighted by molar-refractivity contribution is 5.76. The number of carbonyl (C=O) groups is 1. The van der Waals surface area contributed by atoms with Crippen LogP contribution < -0.4 is 24.8 Å². The Morgan fingerprint density at radius 2 is 1.67 bits per heavy atom. The minimum atomic E-state index is 0.0161. The van der Waals surface area contributed by atoms with Gasteiger partial charge >= 0.3 is 0 Å². The van der Waals surface area contributed by atoms with Gasteiger partial charge < -0.3 is 24.8 Å². The Morgan fingerprint density at radius 3 is 2.33 bits per heavy atom. The van der Waals surface area contributed by atoms with E-state index in [9.17, 15) is 4.79 Å². The standard InChI is InChI=1S/C21H26N2O4/c1-25-18-9-14(10-19(26-2)21(18)27-3)5-7-20(24)23-11-15-4-6-16-12-22-13-17(16)8-15/h4,6,8-10,22H,5,7,11-13H2,1-3H3,(H,23,24). The molecular weight excluding hydrogens is 344 g/mol. The average molecular weight is 370 g/mol. The number of hydrogen-bond acceptors (Lipinski definition) is 5. The summed E-state index contributed by atoms with van der Waals surface area (Å²) < 4.78 is 16.0. The maximum Gasteiger partial charge on any atom is 0.220 e. The highest BCUT2D eigenvalue weighted by atomic mass is 16.5. The number of aryl methyl sites for hydroxylation is 1. The van der Waals surface area contributed by atoms with Crippen molar-refractivity contribution in [1.29, 1.82) is 0 Å². The fourth-order valence-corrected chi connectivity index (χ4v) is 3.28. The van der Waals surface area contributed by atoms with Gasteiger partial charge in [-0.15, -0.1) is 0 Å². The minimum absolute atomic E-state index is 0.0161. The largest absolute Gasteiger partial charge is 0.493 e. The molecule has 1 amide bonds. The van der Waals surface area contributed by atoms with Gasteiger partial charge in [0.15, 0.2) is 11.5 Å². The van der Waals surface area contributed by atoms with Crippen molar-refractivity contribution < 1.29 is 19.0 Å². The molecule has 0 radical (unpaired) electrons. The quantitative estimate of drug-likeness (QED) is 0.747. The average Bonchev–Trinajstić information content (AvgIpc) is 3.17. The lowest BCUT2D eigenvalue weighted by molar-refractivity contribution is -0.121. The third kappa shape index (κ3) is 4.52. The van der Waals surface area contributed by atoms with E-state index in [1.165, 1.54) is 11.1 Å². The van der Waals surface area contributed by atoms with Crippen LogP contribution in [-0.2, 0) is 30.8 Å². The Morgan fingerprint density at radius 1 is 0.963 bits per heavy atom. The van der Waals surface area contributed by atoms with Crippen molar-refractivity contribution in [3.8, 4) is 17.2 Å². The lowest BCUT2D eigenvalue weighted by Gasteiger charge is -2.14. The van der Waals surface area contributed by atoms with Crippen molar-refractivity contribution in [3.05, 3.63) is 52.6 Å². The second-order valence-corrected chi connectivity index (χ2v) is 6.52. The summed E-state index contributed by atoms with van der Waals surface area (Å²) in [5, 5.41) is 6.32. The van der Waals surface area contributed by atoms with E-state index in [-0.39, 0.29) is 5.91 Å². The zero-order chi connectivity index (χ0) is 19.2. The predicted molar refractivity (Wildman–Crippen MR) is 103 cm³/mol. The molecule has 3 rings (SSSR count). The van der Waals surface area contributed by atoms with Crippen LogP contribution in [-0.4, -0.2) is 27.2 Å². The number of rotatable bonds is 8. The molecular formula is C21H26N2O4. The van der Waals surface area contributed by atoms with E-state index in [1.54, 1.807) is 21.3 Å². The van der Waals surface area contributed by atoms with Crippen LogP contribution in [0.2, 0.25) is 0 Å². The van der Waals surface area contributed by atoms with E-state index >= 15 is 0 Å². The second-order valence-electron chi connectivity index (χ2n) is 6.52. The number of carbonyl (C=O) groups excluding carboxylic acids is 1. The lowest BCUT2D eigenvalue weighted by Crippen LogP contribution is -2.23. The van der Waals surface area contributed by atoms with E-state index in [4.69, 9.17) is 14.2 Å². The maximum atomic E-state index is 12.2. The fraction of sp³-hybridized carbons (Fsp3) is 0.381. The van der Waals surface area contributed by atoms with E-state index in [2.05, 4.69) is 28.8 Å². The summed E-state index contributed by atoms with van der Waals surface area (Å²) in [5.74, 6) is 1.76. The van der Waals surface area contributed by atoms with Crippen LogP contribution >= 0.6 is 0 Å². The predicted octanol–water partition coefficient (Wildman–Crippen LogP) is 2.56. The van der Waals surface area contributed by atoms with E-state index in [0.717, 1.165) is 24.2 Å².